The van der Waals surface area contributed by atoms with Crippen LogP contribution in [0.2, 0.25) is 0 Å². The quantitative estimate of drug-likeness (QED) is 0.556. The number of hydrogen-bond donors (Lipinski definition) is 2. The highest BCUT2D eigenvalue weighted by Gasteiger charge is 2.10. The van der Waals surface area contributed by atoms with Crippen LogP contribution in [-0.4, -0.2) is 20.9 Å². The molecule has 4 rings (SSSR count). The largest absolute Gasteiger partial charge is 0.338 e. The van der Waals surface area contributed by atoms with Crippen LogP contribution in [0.15, 0.2) is 65.6 Å². The summed E-state index contributed by atoms with van der Waals surface area (Å²) in [6.07, 6.45) is 1.66. The minimum absolute atomic E-state index is 0.248. The van der Waals surface area contributed by atoms with Crippen molar-refractivity contribution in [2.75, 3.05) is 5.32 Å². The smallest absolute Gasteiger partial charge is 0.275 e. The Kier molecular flexibility index (Phi) is 4.28. The van der Waals surface area contributed by atoms with Crippen LogP contribution in [0.3, 0.4) is 0 Å². The van der Waals surface area contributed by atoms with Gasteiger partial charge in [-0.1, -0.05) is 24.3 Å². The summed E-state index contributed by atoms with van der Waals surface area (Å²) in [6.45, 7) is 0. The highest BCUT2D eigenvalue weighted by atomic mass is 32.1. The molecule has 7 heteroatoms. The Labute approximate surface area is 152 Å². The Morgan fingerprint density at radius 2 is 1.88 bits per heavy atom. The van der Waals surface area contributed by atoms with E-state index in [9.17, 15) is 9.18 Å². The Morgan fingerprint density at radius 3 is 2.62 bits per heavy atom. The molecule has 128 valence electrons. The Bertz CT molecular complexity index is 1040. The number of anilines is 1. The lowest BCUT2D eigenvalue weighted by Gasteiger charge is -2.04. The number of benzene rings is 2. The molecule has 5 nitrogen and oxygen atoms in total. The first kappa shape index (κ1) is 16.2. The van der Waals surface area contributed by atoms with Gasteiger partial charge in [-0.15, -0.1) is 11.3 Å². The van der Waals surface area contributed by atoms with Gasteiger partial charge in [0.1, 0.15) is 17.3 Å². The number of carbonyl (C=O) groups is 1. The predicted molar refractivity (Wildman–Crippen MR) is 99.5 cm³/mol. The molecule has 2 aromatic carbocycles. The number of rotatable bonds is 4. The molecule has 0 aliphatic carbocycles. The SMILES string of the molecule is O=C(Nc1ccc(-c2cnc(-c3ccccc3F)[nH]2)cc1)c1cscn1. The molecule has 0 bridgehead atoms. The minimum atomic E-state index is -0.325. The molecular formula is C19H13FN4OS. The Balaban J connectivity index is 1.53. The highest BCUT2D eigenvalue weighted by molar-refractivity contribution is 7.07. The van der Waals surface area contributed by atoms with Crippen LogP contribution in [0.4, 0.5) is 10.1 Å². The molecule has 0 spiro atoms. The van der Waals surface area contributed by atoms with E-state index in [1.54, 1.807) is 47.4 Å². The van der Waals surface area contributed by atoms with Crippen molar-refractivity contribution in [1.29, 1.82) is 0 Å². The number of halogens is 1. The normalized spacial score (nSPS) is 10.7. The second kappa shape index (κ2) is 6.89. The molecule has 0 unspecified atom stereocenters. The third-order valence-electron chi connectivity index (χ3n) is 3.82. The molecule has 0 radical (unpaired) electrons. The van der Waals surface area contributed by atoms with Gasteiger partial charge >= 0.3 is 0 Å². The number of aromatic amines is 1. The number of carbonyl (C=O) groups excluding carboxylic acids is 1. The third kappa shape index (κ3) is 3.25. The van der Waals surface area contributed by atoms with E-state index < -0.39 is 0 Å². The summed E-state index contributed by atoms with van der Waals surface area (Å²) in [5.74, 6) is -0.102. The number of amides is 1. The molecule has 26 heavy (non-hydrogen) atoms. The van der Waals surface area contributed by atoms with Crippen LogP contribution in [0.5, 0.6) is 0 Å². The zero-order valence-corrected chi connectivity index (χ0v) is 14.3. The monoisotopic (exact) mass is 364 g/mol. The van der Waals surface area contributed by atoms with Crippen LogP contribution in [0, 0.1) is 5.82 Å². The summed E-state index contributed by atoms with van der Waals surface area (Å²) < 4.78 is 13.9. The zero-order valence-electron chi connectivity index (χ0n) is 13.4. The first-order valence-electron chi connectivity index (χ1n) is 7.80. The fourth-order valence-electron chi connectivity index (χ4n) is 2.51. The Hall–Kier alpha value is -3.32. The van der Waals surface area contributed by atoms with Gasteiger partial charge in [0.25, 0.3) is 5.91 Å². The number of hydrogen-bond acceptors (Lipinski definition) is 4. The predicted octanol–water partition coefficient (Wildman–Crippen LogP) is 4.59. The lowest BCUT2D eigenvalue weighted by Crippen LogP contribution is -2.11. The molecule has 0 fully saturated rings. The topological polar surface area (TPSA) is 70.7 Å². The fraction of sp³-hybridized carbons (Fsp3) is 0. The third-order valence-corrected chi connectivity index (χ3v) is 4.41. The van der Waals surface area contributed by atoms with Crippen molar-refractivity contribution in [3.63, 3.8) is 0 Å². The maximum Gasteiger partial charge on any atom is 0.275 e. The van der Waals surface area contributed by atoms with Gasteiger partial charge in [0.05, 0.1) is 23.0 Å². The van der Waals surface area contributed by atoms with Gasteiger partial charge in [-0.25, -0.2) is 14.4 Å². The first-order chi connectivity index (χ1) is 12.7. The number of thiazole rings is 1. The lowest BCUT2D eigenvalue weighted by molar-refractivity contribution is 0.102. The van der Waals surface area contributed by atoms with E-state index in [0.29, 0.717) is 22.8 Å². The summed E-state index contributed by atoms with van der Waals surface area (Å²) in [5, 5.41) is 4.48. The van der Waals surface area contributed by atoms with Gasteiger partial charge in [-0.05, 0) is 29.8 Å². The second-order valence-electron chi connectivity index (χ2n) is 5.53. The van der Waals surface area contributed by atoms with E-state index in [1.165, 1.54) is 17.4 Å². The van der Waals surface area contributed by atoms with Crippen LogP contribution in [0.25, 0.3) is 22.6 Å². The van der Waals surface area contributed by atoms with Gasteiger partial charge in [0, 0.05) is 11.1 Å². The standard InChI is InChI=1S/C19H13FN4OS/c20-15-4-2-1-3-14(15)18-21-9-16(24-18)12-5-7-13(8-6-12)23-19(25)17-10-26-11-22-17/h1-11H,(H,21,24)(H,23,25). The maximum atomic E-state index is 13.9. The van der Waals surface area contributed by atoms with Gasteiger partial charge in [0.15, 0.2) is 0 Å². The Morgan fingerprint density at radius 1 is 1.08 bits per heavy atom. The molecule has 0 aliphatic rings. The van der Waals surface area contributed by atoms with Crippen molar-refractivity contribution < 1.29 is 9.18 Å². The summed E-state index contributed by atoms with van der Waals surface area (Å²) in [6, 6.07) is 13.8. The summed E-state index contributed by atoms with van der Waals surface area (Å²) >= 11 is 1.37. The molecular weight excluding hydrogens is 351 g/mol. The van der Waals surface area contributed by atoms with Crippen LogP contribution < -0.4 is 5.32 Å². The van der Waals surface area contributed by atoms with Crippen LogP contribution in [0.1, 0.15) is 10.5 Å². The molecule has 0 saturated carbocycles. The van der Waals surface area contributed by atoms with Gasteiger partial charge < -0.3 is 10.3 Å². The molecule has 2 N–H and O–H groups in total. The van der Waals surface area contributed by atoms with E-state index >= 15 is 0 Å². The van der Waals surface area contributed by atoms with Crippen molar-refractivity contribution >= 4 is 22.9 Å². The summed E-state index contributed by atoms with van der Waals surface area (Å²) in [4.78, 5) is 23.4. The zero-order chi connectivity index (χ0) is 17.9. The molecule has 0 atom stereocenters. The van der Waals surface area contributed by atoms with E-state index in [2.05, 4.69) is 20.3 Å². The van der Waals surface area contributed by atoms with E-state index in [-0.39, 0.29) is 11.7 Å². The highest BCUT2D eigenvalue weighted by Crippen LogP contribution is 2.25. The van der Waals surface area contributed by atoms with Crippen LogP contribution >= 0.6 is 11.3 Å². The molecule has 2 heterocycles. The molecule has 2 aromatic heterocycles. The van der Waals surface area contributed by atoms with Crippen molar-refractivity contribution in [3.05, 3.63) is 77.1 Å². The van der Waals surface area contributed by atoms with E-state index in [4.69, 9.17) is 0 Å². The number of nitrogens with one attached hydrogen (secondary N) is 2. The lowest BCUT2D eigenvalue weighted by atomic mass is 10.1. The van der Waals surface area contributed by atoms with Crippen molar-refractivity contribution in [2.45, 2.75) is 0 Å². The first-order valence-corrected chi connectivity index (χ1v) is 8.75. The van der Waals surface area contributed by atoms with Crippen molar-refractivity contribution in [2.24, 2.45) is 0 Å². The second-order valence-corrected chi connectivity index (χ2v) is 6.25. The maximum absolute atomic E-state index is 13.9. The minimum Gasteiger partial charge on any atom is -0.338 e. The average Bonchev–Trinajstić information content (AvgIpc) is 3.35. The van der Waals surface area contributed by atoms with E-state index in [1.807, 2.05) is 12.1 Å². The fourth-order valence-corrected chi connectivity index (χ4v) is 3.04. The molecule has 0 aliphatic heterocycles. The molecule has 1 amide bonds. The summed E-state index contributed by atoms with van der Waals surface area (Å²) in [5.41, 5.74) is 4.74. The number of H-pyrrole nitrogens is 1. The average molecular weight is 364 g/mol. The number of nitrogens with zero attached hydrogens (tertiary/aromatic N) is 2. The van der Waals surface area contributed by atoms with Gasteiger partial charge in [-0.2, -0.15) is 0 Å². The summed E-state index contributed by atoms with van der Waals surface area (Å²) in [7, 11) is 0. The van der Waals surface area contributed by atoms with Crippen molar-refractivity contribution in [1.82, 2.24) is 15.0 Å². The molecule has 0 saturated heterocycles. The number of aromatic nitrogens is 3. The van der Waals surface area contributed by atoms with Crippen LogP contribution in [-0.2, 0) is 0 Å². The van der Waals surface area contributed by atoms with E-state index in [0.717, 1.165) is 11.3 Å². The van der Waals surface area contributed by atoms with Gasteiger partial charge in [-0.3, -0.25) is 4.79 Å². The van der Waals surface area contributed by atoms with Gasteiger partial charge in [0.2, 0.25) is 0 Å². The molecule has 4 aromatic rings. The van der Waals surface area contributed by atoms with Crippen molar-refractivity contribution in [3.8, 4) is 22.6 Å². The number of imidazole rings is 1.